The van der Waals surface area contributed by atoms with E-state index in [2.05, 4.69) is 15.0 Å². The lowest BCUT2D eigenvalue weighted by Crippen LogP contribution is -1.87. The van der Waals surface area contributed by atoms with Gasteiger partial charge < -0.3 is 0 Å². The Morgan fingerprint density at radius 1 is 0.857 bits per heavy atom. The molecule has 0 atom stereocenters. The first-order valence-corrected chi connectivity index (χ1v) is 4.40. The Labute approximate surface area is 80.5 Å². The first-order valence-electron chi connectivity index (χ1n) is 4.40. The van der Waals surface area contributed by atoms with Crippen LogP contribution in [0.2, 0.25) is 0 Å². The molecule has 0 aliphatic rings. The molecule has 14 heavy (non-hydrogen) atoms. The minimum atomic E-state index is 0.700. The largest absolute Gasteiger partial charge is 0.251 e. The standard InChI is InChI=1S/C11H7N3/c1-2-4-9-8(3-1)7-10-11(14-9)13-6-5-12-10/h1-7H. The van der Waals surface area contributed by atoms with Crippen molar-refractivity contribution in [2.45, 2.75) is 0 Å². The smallest absolute Gasteiger partial charge is 0.178 e. The average Bonchev–Trinajstić information content (AvgIpc) is 2.26. The minimum Gasteiger partial charge on any atom is -0.251 e. The van der Waals surface area contributed by atoms with Gasteiger partial charge in [0.2, 0.25) is 0 Å². The van der Waals surface area contributed by atoms with E-state index in [1.54, 1.807) is 12.4 Å². The van der Waals surface area contributed by atoms with Crippen LogP contribution in [-0.2, 0) is 0 Å². The van der Waals surface area contributed by atoms with Crippen molar-refractivity contribution in [2.24, 2.45) is 0 Å². The Bertz CT molecular complexity index is 499. The third-order valence-corrected chi connectivity index (χ3v) is 2.16. The van der Waals surface area contributed by atoms with E-state index < -0.39 is 0 Å². The van der Waals surface area contributed by atoms with E-state index in [0.29, 0.717) is 5.65 Å². The molecule has 0 N–H and O–H groups in total. The van der Waals surface area contributed by atoms with Gasteiger partial charge in [-0.05, 0) is 12.1 Å². The Hall–Kier alpha value is -2.03. The predicted octanol–water partition coefficient (Wildman–Crippen LogP) is 2.18. The van der Waals surface area contributed by atoms with Crippen LogP contribution in [0.5, 0.6) is 0 Å². The molecule has 0 bridgehead atoms. The molecule has 0 aliphatic heterocycles. The summed E-state index contributed by atoms with van der Waals surface area (Å²) in [6.07, 6.45) is 3.34. The van der Waals surface area contributed by atoms with Crippen LogP contribution in [0.4, 0.5) is 0 Å². The van der Waals surface area contributed by atoms with Crippen molar-refractivity contribution < 1.29 is 0 Å². The van der Waals surface area contributed by atoms with Crippen molar-refractivity contribution in [1.29, 1.82) is 0 Å². The van der Waals surface area contributed by atoms with Crippen LogP contribution in [0.15, 0.2) is 42.7 Å². The van der Waals surface area contributed by atoms with Crippen molar-refractivity contribution >= 4 is 22.1 Å². The van der Waals surface area contributed by atoms with Crippen LogP contribution >= 0.6 is 0 Å². The van der Waals surface area contributed by atoms with E-state index in [4.69, 9.17) is 0 Å². The summed E-state index contributed by atoms with van der Waals surface area (Å²) in [4.78, 5) is 12.8. The fourth-order valence-corrected chi connectivity index (χ4v) is 1.50. The molecule has 0 amide bonds. The van der Waals surface area contributed by atoms with Gasteiger partial charge in [0.1, 0.15) is 5.52 Å². The maximum atomic E-state index is 4.40. The first-order chi connectivity index (χ1) is 6.93. The van der Waals surface area contributed by atoms with E-state index in [0.717, 1.165) is 16.4 Å². The van der Waals surface area contributed by atoms with Crippen molar-refractivity contribution in [2.75, 3.05) is 0 Å². The molecule has 3 nitrogen and oxygen atoms in total. The van der Waals surface area contributed by atoms with Crippen molar-refractivity contribution in [1.82, 2.24) is 15.0 Å². The van der Waals surface area contributed by atoms with Gasteiger partial charge in [0.15, 0.2) is 5.65 Å². The lowest BCUT2D eigenvalue weighted by Gasteiger charge is -1.98. The average molecular weight is 181 g/mol. The summed E-state index contributed by atoms with van der Waals surface area (Å²) in [5.41, 5.74) is 2.50. The van der Waals surface area contributed by atoms with Crippen molar-refractivity contribution in [3.05, 3.63) is 42.7 Å². The van der Waals surface area contributed by atoms with Gasteiger partial charge in [-0.15, -0.1) is 0 Å². The molecule has 2 heterocycles. The highest BCUT2D eigenvalue weighted by molar-refractivity contribution is 5.88. The third kappa shape index (κ3) is 1.03. The fourth-order valence-electron chi connectivity index (χ4n) is 1.50. The van der Waals surface area contributed by atoms with Crippen LogP contribution in [0.25, 0.3) is 22.1 Å². The van der Waals surface area contributed by atoms with Gasteiger partial charge >= 0.3 is 0 Å². The normalized spacial score (nSPS) is 10.9. The number of fused-ring (bicyclic) bond motifs is 2. The van der Waals surface area contributed by atoms with Gasteiger partial charge in [-0.25, -0.2) is 9.97 Å². The molecule has 3 aromatic rings. The summed E-state index contributed by atoms with van der Waals surface area (Å²) < 4.78 is 0. The Morgan fingerprint density at radius 3 is 2.71 bits per heavy atom. The van der Waals surface area contributed by atoms with E-state index in [-0.39, 0.29) is 0 Å². The van der Waals surface area contributed by atoms with Crippen LogP contribution in [0.3, 0.4) is 0 Å². The quantitative estimate of drug-likeness (QED) is 0.499. The van der Waals surface area contributed by atoms with Crippen LogP contribution < -0.4 is 0 Å². The summed E-state index contributed by atoms with van der Waals surface area (Å²) >= 11 is 0. The number of hydrogen-bond donors (Lipinski definition) is 0. The second-order valence-corrected chi connectivity index (χ2v) is 3.08. The maximum Gasteiger partial charge on any atom is 0.178 e. The highest BCUT2D eigenvalue weighted by Gasteiger charge is 1.99. The number of hydrogen-bond acceptors (Lipinski definition) is 3. The number of nitrogens with zero attached hydrogens (tertiary/aromatic N) is 3. The molecule has 3 heteroatoms. The number of benzene rings is 1. The van der Waals surface area contributed by atoms with Gasteiger partial charge in [0.05, 0.1) is 5.52 Å². The monoisotopic (exact) mass is 181 g/mol. The van der Waals surface area contributed by atoms with Gasteiger partial charge in [0, 0.05) is 17.8 Å². The molecule has 0 saturated heterocycles. The van der Waals surface area contributed by atoms with Crippen LogP contribution in [-0.4, -0.2) is 15.0 Å². The number of pyridine rings is 1. The predicted molar refractivity (Wildman–Crippen MR) is 54.8 cm³/mol. The highest BCUT2D eigenvalue weighted by Crippen LogP contribution is 2.15. The van der Waals surface area contributed by atoms with Crippen molar-refractivity contribution in [3.8, 4) is 0 Å². The molecule has 1 aromatic carbocycles. The summed E-state index contributed by atoms with van der Waals surface area (Å²) in [6.45, 7) is 0. The topological polar surface area (TPSA) is 38.7 Å². The second kappa shape index (κ2) is 2.73. The molecule has 0 unspecified atom stereocenters. The van der Waals surface area contributed by atoms with Gasteiger partial charge in [0.25, 0.3) is 0 Å². The van der Waals surface area contributed by atoms with Crippen LogP contribution in [0, 0.1) is 0 Å². The van der Waals surface area contributed by atoms with E-state index >= 15 is 0 Å². The van der Waals surface area contributed by atoms with E-state index in [1.807, 2.05) is 30.3 Å². The molecule has 0 saturated carbocycles. The SMILES string of the molecule is c1ccc2nc3nccnc3cc2c1. The molecular weight excluding hydrogens is 174 g/mol. The maximum absolute atomic E-state index is 4.40. The summed E-state index contributed by atoms with van der Waals surface area (Å²) in [5.74, 6) is 0. The Kier molecular flexibility index (Phi) is 1.44. The lowest BCUT2D eigenvalue weighted by atomic mass is 10.2. The van der Waals surface area contributed by atoms with E-state index in [1.165, 1.54) is 0 Å². The Morgan fingerprint density at radius 2 is 1.71 bits per heavy atom. The summed E-state index contributed by atoms with van der Waals surface area (Å²) in [7, 11) is 0. The second-order valence-electron chi connectivity index (χ2n) is 3.08. The van der Waals surface area contributed by atoms with Crippen molar-refractivity contribution in [3.63, 3.8) is 0 Å². The zero-order chi connectivity index (χ0) is 9.38. The van der Waals surface area contributed by atoms with Crippen LogP contribution in [0.1, 0.15) is 0 Å². The van der Waals surface area contributed by atoms with E-state index in [9.17, 15) is 0 Å². The minimum absolute atomic E-state index is 0.700. The molecule has 2 aromatic heterocycles. The zero-order valence-electron chi connectivity index (χ0n) is 7.38. The molecule has 66 valence electrons. The first kappa shape index (κ1) is 7.38. The Balaban J connectivity index is 2.52. The molecule has 3 rings (SSSR count). The number of aromatic nitrogens is 3. The number of rotatable bonds is 0. The van der Waals surface area contributed by atoms with Gasteiger partial charge in [-0.2, -0.15) is 0 Å². The number of para-hydroxylation sites is 1. The molecule has 0 radical (unpaired) electrons. The van der Waals surface area contributed by atoms with Gasteiger partial charge in [-0.3, -0.25) is 4.98 Å². The zero-order valence-corrected chi connectivity index (χ0v) is 7.38. The summed E-state index contributed by atoms with van der Waals surface area (Å²) in [5, 5.41) is 1.10. The molecule has 0 fully saturated rings. The summed E-state index contributed by atoms with van der Waals surface area (Å²) in [6, 6.07) is 9.97. The highest BCUT2D eigenvalue weighted by atomic mass is 14.9. The van der Waals surface area contributed by atoms with Gasteiger partial charge in [-0.1, -0.05) is 18.2 Å². The lowest BCUT2D eigenvalue weighted by molar-refractivity contribution is 1.25. The molecular formula is C11H7N3. The molecule has 0 aliphatic carbocycles. The molecule has 0 spiro atoms. The third-order valence-electron chi connectivity index (χ3n) is 2.16. The fraction of sp³-hybridized carbons (Fsp3) is 0.